The third-order valence-electron chi connectivity index (χ3n) is 3.78. The van der Waals surface area contributed by atoms with Gasteiger partial charge in [-0.3, -0.25) is 9.59 Å². The van der Waals surface area contributed by atoms with Crippen LogP contribution < -0.4 is 0 Å². The SMILES string of the molecule is COC(=O)C1CC(=O)N(CCc2ccccc2)C1C. The number of likely N-dealkylation sites (tertiary alicyclic amines) is 1. The molecule has 0 N–H and O–H groups in total. The molecular weight excluding hydrogens is 242 g/mol. The number of amides is 1. The van der Waals surface area contributed by atoms with Crippen LogP contribution in [0.15, 0.2) is 30.3 Å². The van der Waals surface area contributed by atoms with E-state index >= 15 is 0 Å². The Balaban J connectivity index is 1.97. The molecular formula is C15H19NO3. The number of esters is 1. The first-order chi connectivity index (χ1) is 9.13. The minimum absolute atomic E-state index is 0.0406. The van der Waals surface area contributed by atoms with E-state index in [1.807, 2.05) is 37.3 Å². The van der Waals surface area contributed by atoms with Gasteiger partial charge in [0.2, 0.25) is 5.91 Å². The Bertz CT molecular complexity index is 458. The van der Waals surface area contributed by atoms with Gasteiger partial charge in [-0.15, -0.1) is 0 Å². The summed E-state index contributed by atoms with van der Waals surface area (Å²) in [7, 11) is 1.37. The minimum atomic E-state index is -0.326. The van der Waals surface area contributed by atoms with Gasteiger partial charge in [-0.1, -0.05) is 30.3 Å². The zero-order valence-corrected chi connectivity index (χ0v) is 11.3. The van der Waals surface area contributed by atoms with Crippen molar-refractivity contribution in [1.29, 1.82) is 0 Å². The zero-order chi connectivity index (χ0) is 13.8. The lowest BCUT2D eigenvalue weighted by atomic mass is 10.0. The second kappa shape index (κ2) is 5.87. The van der Waals surface area contributed by atoms with Gasteiger partial charge in [-0.05, 0) is 18.9 Å². The molecule has 4 nitrogen and oxygen atoms in total. The molecule has 1 aliphatic rings. The number of hydrogen-bond acceptors (Lipinski definition) is 3. The number of benzene rings is 1. The maximum atomic E-state index is 12.0. The van der Waals surface area contributed by atoms with Crippen LogP contribution in [0.3, 0.4) is 0 Å². The maximum absolute atomic E-state index is 12.0. The topological polar surface area (TPSA) is 46.6 Å². The molecule has 2 atom stereocenters. The molecule has 0 aliphatic carbocycles. The summed E-state index contributed by atoms with van der Waals surface area (Å²) in [5.74, 6) is -0.574. The van der Waals surface area contributed by atoms with Crippen molar-refractivity contribution in [2.75, 3.05) is 13.7 Å². The Hall–Kier alpha value is -1.84. The van der Waals surface area contributed by atoms with E-state index in [4.69, 9.17) is 4.74 Å². The standard InChI is InChI=1S/C15H19NO3/c1-11-13(15(18)19-2)10-14(17)16(11)9-8-12-6-4-3-5-7-12/h3-7,11,13H,8-10H2,1-2H3. The first kappa shape index (κ1) is 13.6. The van der Waals surface area contributed by atoms with E-state index in [0.29, 0.717) is 6.54 Å². The van der Waals surface area contributed by atoms with E-state index in [1.54, 1.807) is 4.90 Å². The van der Waals surface area contributed by atoms with Crippen LogP contribution in [0.1, 0.15) is 18.9 Å². The lowest BCUT2D eigenvalue weighted by Crippen LogP contribution is -2.36. The maximum Gasteiger partial charge on any atom is 0.311 e. The summed E-state index contributed by atoms with van der Waals surface area (Å²) in [6, 6.07) is 9.96. The highest BCUT2D eigenvalue weighted by molar-refractivity contribution is 5.87. The number of nitrogens with zero attached hydrogens (tertiary/aromatic N) is 1. The molecule has 2 unspecified atom stereocenters. The number of methoxy groups -OCH3 is 1. The van der Waals surface area contributed by atoms with Gasteiger partial charge in [0.15, 0.2) is 0 Å². The second-order valence-corrected chi connectivity index (χ2v) is 4.90. The van der Waals surface area contributed by atoms with E-state index in [-0.39, 0.29) is 30.3 Å². The quantitative estimate of drug-likeness (QED) is 0.774. The van der Waals surface area contributed by atoms with Crippen molar-refractivity contribution in [3.63, 3.8) is 0 Å². The molecule has 19 heavy (non-hydrogen) atoms. The summed E-state index contributed by atoms with van der Waals surface area (Å²) in [6.07, 6.45) is 1.08. The molecule has 0 spiro atoms. The van der Waals surface area contributed by atoms with Gasteiger partial charge in [-0.2, -0.15) is 0 Å². The van der Waals surface area contributed by atoms with Crippen LogP contribution in [-0.2, 0) is 20.7 Å². The van der Waals surface area contributed by atoms with Gasteiger partial charge in [0, 0.05) is 19.0 Å². The van der Waals surface area contributed by atoms with Crippen LogP contribution >= 0.6 is 0 Å². The second-order valence-electron chi connectivity index (χ2n) is 4.90. The van der Waals surface area contributed by atoms with Crippen molar-refractivity contribution in [3.8, 4) is 0 Å². The third-order valence-corrected chi connectivity index (χ3v) is 3.78. The van der Waals surface area contributed by atoms with E-state index in [2.05, 4.69) is 0 Å². The van der Waals surface area contributed by atoms with E-state index in [9.17, 15) is 9.59 Å². The highest BCUT2D eigenvalue weighted by atomic mass is 16.5. The molecule has 1 aromatic carbocycles. The molecule has 1 fully saturated rings. The first-order valence-electron chi connectivity index (χ1n) is 6.54. The van der Waals surface area contributed by atoms with Gasteiger partial charge in [-0.25, -0.2) is 0 Å². The van der Waals surface area contributed by atoms with Crippen LogP contribution in [-0.4, -0.2) is 36.5 Å². The van der Waals surface area contributed by atoms with Crippen LogP contribution in [0, 0.1) is 5.92 Å². The van der Waals surface area contributed by atoms with Crippen molar-refractivity contribution in [2.24, 2.45) is 5.92 Å². The van der Waals surface area contributed by atoms with E-state index in [0.717, 1.165) is 6.42 Å². The van der Waals surface area contributed by atoms with Crippen molar-refractivity contribution >= 4 is 11.9 Å². The fourth-order valence-corrected chi connectivity index (χ4v) is 2.57. The highest BCUT2D eigenvalue weighted by Gasteiger charge is 2.41. The molecule has 1 saturated heterocycles. The smallest absolute Gasteiger partial charge is 0.311 e. The molecule has 1 amide bonds. The molecule has 1 aliphatic heterocycles. The van der Waals surface area contributed by atoms with Gasteiger partial charge < -0.3 is 9.64 Å². The summed E-state index contributed by atoms with van der Waals surface area (Å²) in [5, 5.41) is 0. The average Bonchev–Trinajstić information content (AvgIpc) is 2.72. The summed E-state index contributed by atoms with van der Waals surface area (Å²) < 4.78 is 4.75. The van der Waals surface area contributed by atoms with Crippen molar-refractivity contribution in [3.05, 3.63) is 35.9 Å². The van der Waals surface area contributed by atoms with Crippen molar-refractivity contribution < 1.29 is 14.3 Å². The van der Waals surface area contributed by atoms with Crippen LogP contribution in [0.25, 0.3) is 0 Å². The Kier molecular flexibility index (Phi) is 4.20. The first-order valence-corrected chi connectivity index (χ1v) is 6.54. The summed E-state index contributed by atoms with van der Waals surface area (Å²) in [6.45, 7) is 2.56. The Morgan fingerprint density at radius 3 is 2.68 bits per heavy atom. The Labute approximate surface area is 113 Å². The van der Waals surface area contributed by atoms with Gasteiger partial charge >= 0.3 is 5.97 Å². The monoisotopic (exact) mass is 261 g/mol. The van der Waals surface area contributed by atoms with Gasteiger partial charge in [0.05, 0.1) is 13.0 Å². The van der Waals surface area contributed by atoms with Crippen molar-refractivity contribution in [2.45, 2.75) is 25.8 Å². The molecule has 1 aromatic rings. The zero-order valence-electron chi connectivity index (χ0n) is 11.3. The number of ether oxygens (including phenoxy) is 1. The summed E-state index contributed by atoms with van der Waals surface area (Å²) >= 11 is 0. The third kappa shape index (κ3) is 2.95. The van der Waals surface area contributed by atoms with E-state index in [1.165, 1.54) is 12.7 Å². The molecule has 0 radical (unpaired) electrons. The number of rotatable bonds is 4. The Morgan fingerprint density at radius 1 is 1.37 bits per heavy atom. The molecule has 0 aromatic heterocycles. The van der Waals surface area contributed by atoms with Crippen LogP contribution in [0.4, 0.5) is 0 Å². The largest absolute Gasteiger partial charge is 0.469 e. The molecule has 102 valence electrons. The van der Waals surface area contributed by atoms with Crippen LogP contribution in [0.2, 0.25) is 0 Å². The van der Waals surface area contributed by atoms with Gasteiger partial charge in [0.25, 0.3) is 0 Å². The lowest BCUT2D eigenvalue weighted by molar-refractivity contribution is -0.146. The summed E-state index contributed by atoms with van der Waals surface area (Å²) in [5.41, 5.74) is 1.20. The molecule has 4 heteroatoms. The molecule has 0 bridgehead atoms. The fourth-order valence-electron chi connectivity index (χ4n) is 2.57. The Morgan fingerprint density at radius 2 is 2.05 bits per heavy atom. The normalized spacial score (nSPS) is 22.6. The van der Waals surface area contributed by atoms with Gasteiger partial charge in [0.1, 0.15) is 0 Å². The number of carbonyl (C=O) groups excluding carboxylic acids is 2. The minimum Gasteiger partial charge on any atom is -0.469 e. The van der Waals surface area contributed by atoms with Crippen molar-refractivity contribution in [1.82, 2.24) is 4.90 Å². The van der Waals surface area contributed by atoms with E-state index < -0.39 is 0 Å². The fraction of sp³-hybridized carbons (Fsp3) is 0.467. The molecule has 0 saturated carbocycles. The summed E-state index contributed by atoms with van der Waals surface area (Å²) in [4.78, 5) is 25.3. The molecule has 1 heterocycles. The average molecular weight is 261 g/mol. The molecule has 2 rings (SSSR count). The predicted molar refractivity (Wildman–Crippen MR) is 71.4 cm³/mol. The number of carbonyl (C=O) groups is 2. The predicted octanol–water partition coefficient (Wildman–Crippen LogP) is 1.64. The highest BCUT2D eigenvalue weighted by Crippen LogP contribution is 2.26. The van der Waals surface area contributed by atoms with Crippen LogP contribution in [0.5, 0.6) is 0 Å². The number of hydrogen-bond donors (Lipinski definition) is 0. The lowest BCUT2D eigenvalue weighted by Gasteiger charge is -2.23.